The molecule has 0 aliphatic rings. The molecule has 0 aliphatic carbocycles. The predicted octanol–water partition coefficient (Wildman–Crippen LogP) is 2.04. The fourth-order valence-electron chi connectivity index (χ4n) is 0.807. The van der Waals surface area contributed by atoms with E-state index in [-0.39, 0.29) is 5.54 Å². The standard InChI is InChI=1S/C8H14N2S/c1-4-8(3,9)7-5-11-6(2)10-7/h5H,4,9H2,1-3H3. The van der Waals surface area contributed by atoms with Gasteiger partial charge in [-0.05, 0) is 20.3 Å². The molecule has 1 heterocycles. The molecular formula is C8H14N2S. The maximum absolute atomic E-state index is 5.99. The van der Waals surface area contributed by atoms with Crippen LogP contribution in [-0.4, -0.2) is 4.98 Å². The molecule has 1 unspecified atom stereocenters. The van der Waals surface area contributed by atoms with E-state index in [1.165, 1.54) is 0 Å². The maximum Gasteiger partial charge on any atom is 0.0898 e. The third-order valence-corrected chi connectivity index (χ3v) is 2.71. The van der Waals surface area contributed by atoms with Crippen molar-refractivity contribution in [1.29, 1.82) is 0 Å². The van der Waals surface area contributed by atoms with Gasteiger partial charge in [-0.1, -0.05) is 6.92 Å². The molecule has 1 atom stereocenters. The molecule has 0 aromatic carbocycles. The zero-order valence-corrected chi connectivity index (χ0v) is 8.03. The van der Waals surface area contributed by atoms with Crippen molar-refractivity contribution in [2.24, 2.45) is 5.73 Å². The van der Waals surface area contributed by atoms with Crippen LogP contribution in [0.25, 0.3) is 0 Å². The van der Waals surface area contributed by atoms with E-state index in [0.717, 1.165) is 17.1 Å². The Morgan fingerprint density at radius 3 is 2.73 bits per heavy atom. The van der Waals surface area contributed by atoms with E-state index in [4.69, 9.17) is 5.73 Å². The molecule has 0 bridgehead atoms. The highest BCUT2D eigenvalue weighted by atomic mass is 32.1. The summed E-state index contributed by atoms with van der Waals surface area (Å²) in [7, 11) is 0. The van der Waals surface area contributed by atoms with Crippen LogP contribution in [0.3, 0.4) is 0 Å². The zero-order chi connectivity index (χ0) is 8.48. The van der Waals surface area contributed by atoms with Crippen LogP contribution in [0.1, 0.15) is 31.0 Å². The van der Waals surface area contributed by atoms with Crippen molar-refractivity contribution in [3.63, 3.8) is 0 Å². The minimum absolute atomic E-state index is 0.245. The van der Waals surface area contributed by atoms with Gasteiger partial charge in [0.15, 0.2) is 0 Å². The molecule has 1 aromatic heterocycles. The van der Waals surface area contributed by atoms with Crippen LogP contribution in [0.4, 0.5) is 0 Å². The Kier molecular flexibility index (Phi) is 2.30. The number of aromatic nitrogens is 1. The Morgan fingerprint density at radius 2 is 2.36 bits per heavy atom. The topological polar surface area (TPSA) is 38.9 Å². The van der Waals surface area contributed by atoms with Gasteiger partial charge in [0, 0.05) is 5.38 Å². The predicted molar refractivity (Wildman–Crippen MR) is 48.7 cm³/mol. The molecule has 0 spiro atoms. The number of aryl methyl sites for hydroxylation is 1. The highest BCUT2D eigenvalue weighted by Crippen LogP contribution is 2.22. The quantitative estimate of drug-likeness (QED) is 0.737. The average molecular weight is 170 g/mol. The molecule has 0 amide bonds. The summed E-state index contributed by atoms with van der Waals surface area (Å²) in [5.74, 6) is 0. The molecule has 2 nitrogen and oxygen atoms in total. The second-order valence-electron chi connectivity index (χ2n) is 3.02. The van der Waals surface area contributed by atoms with E-state index in [0.29, 0.717) is 0 Å². The van der Waals surface area contributed by atoms with Crippen molar-refractivity contribution in [2.75, 3.05) is 0 Å². The molecule has 0 saturated carbocycles. The van der Waals surface area contributed by atoms with Crippen molar-refractivity contribution in [2.45, 2.75) is 32.7 Å². The lowest BCUT2D eigenvalue weighted by Gasteiger charge is -2.19. The Balaban J connectivity index is 2.92. The second-order valence-corrected chi connectivity index (χ2v) is 4.09. The molecular weight excluding hydrogens is 156 g/mol. The van der Waals surface area contributed by atoms with E-state index >= 15 is 0 Å². The molecule has 62 valence electrons. The first-order valence-electron chi connectivity index (χ1n) is 3.78. The Bertz CT molecular complexity index is 240. The number of nitrogens with two attached hydrogens (primary N) is 1. The van der Waals surface area contributed by atoms with Crippen LogP contribution in [0.15, 0.2) is 5.38 Å². The lowest BCUT2D eigenvalue weighted by molar-refractivity contribution is 0.464. The number of rotatable bonds is 2. The SMILES string of the molecule is CCC(C)(N)c1csc(C)n1. The molecule has 11 heavy (non-hydrogen) atoms. The van der Waals surface area contributed by atoms with Crippen molar-refractivity contribution in [3.8, 4) is 0 Å². The van der Waals surface area contributed by atoms with Crippen LogP contribution in [0.2, 0.25) is 0 Å². The summed E-state index contributed by atoms with van der Waals surface area (Å²) in [6.07, 6.45) is 0.927. The lowest BCUT2D eigenvalue weighted by atomic mass is 9.97. The molecule has 3 heteroatoms. The van der Waals surface area contributed by atoms with Crippen molar-refractivity contribution in [1.82, 2.24) is 4.98 Å². The molecule has 0 saturated heterocycles. The Labute approximate surface area is 71.5 Å². The molecule has 0 fully saturated rings. The summed E-state index contributed by atoms with van der Waals surface area (Å²) in [5, 5.41) is 3.13. The van der Waals surface area contributed by atoms with Crippen LogP contribution >= 0.6 is 11.3 Å². The fourth-order valence-corrected chi connectivity index (χ4v) is 1.56. The van der Waals surface area contributed by atoms with Crippen LogP contribution in [0.5, 0.6) is 0 Å². The Hall–Kier alpha value is -0.410. The fraction of sp³-hybridized carbons (Fsp3) is 0.625. The second kappa shape index (κ2) is 2.91. The van der Waals surface area contributed by atoms with Gasteiger partial charge < -0.3 is 5.73 Å². The first-order valence-corrected chi connectivity index (χ1v) is 4.65. The number of nitrogens with zero attached hydrogens (tertiary/aromatic N) is 1. The summed E-state index contributed by atoms with van der Waals surface area (Å²) >= 11 is 1.66. The summed E-state index contributed by atoms with van der Waals surface area (Å²) in [6.45, 7) is 6.09. The van der Waals surface area contributed by atoms with Crippen LogP contribution < -0.4 is 5.73 Å². The molecule has 1 aromatic rings. The smallest absolute Gasteiger partial charge is 0.0898 e. The van der Waals surface area contributed by atoms with Crippen LogP contribution in [-0.2, 0) is 5.54 Å². The maximum atomic E-state index is 5.99. The first kappa shape index (κ1) is 8.68. The average Bonchev–Trinajstić information content (AvgIpc) is 2.36. The number of hydrogen-bond acceptors (Lipinski definition) is 3. The van der Waals surface area contributed by atoms with Gasteiger partial charge in [-0.25, -0.2) is 4.98 Å². The molecule has 0 aliphatic heterocycles. The first-order chi connectivity index (χ1) is 5.06. The summed E-state index contributed by atoms with van der Waals surface area (Å²) in [6, 6.07) is 0. The van der Waals surface area contributed by atoms with Gasteiger partial charge in [-0.3, -0.25) is 0 Å². The largest absolute Gasteiger partial charge is 0.320 e. The van der Waals surface area contributed by atoms with E-state index < -0.39 is 0 Å². The summed E-state index contributed by atoms with van der Waals surface area (Å²) in [5.41, 5.74) is 6.77. The monoisotopic (exact) mass is 170 g/mol. The van der Waals surface area contributed by atoms with Gasteiger partial charge >= 0.3 is 0 Å². The zero-order valence-electron chi connectivity index (χ0n) is 7.22. The van der Waals surface area contributed by atoms with Gasteiger partial charge in [0.2, 0.25) is 0 Å². The highest BCUT2D eigenvalue weighted by molar-refractivity contribution is 7.09. The summed E-state index contributed by atoms with van der Waals surface area (Å²) in [4.78, 5) is 4.35. The normalized spacial score (nSPS) is 16.4. The Morgan fingerprint density at radius 1 is 1.73 bits per heavy atom. The van der Waals surface area contributed by atoms with Gasteiger partial charge in [-0.2, -0.15) is 0 Å². The van der Waals surface area contributed by atoms with E-state index in [2.05, 4.69) is 11.9 Å². The molecule has 1 rings (SSSR count). The van der Waals surface area contributed by atoms with Gasteiger partial charge in [0.05, 0.1) is 16.2 Å². The lowest BCUT2D eigenvalue weighted by Crippen LogP contribution is -2.32. The van der Waals surface area contributed by atoms with Gasteiger partial charge in [0.25, 0.3) is 0 Å². The van der Waals surface area contributed by atoms with E-state index in [9.17, 15) is 0 Å². The number of thiazole rings is 1. The molecule has 2 N–H and O–H groups in total. The minimum atomic E-state index is -0.245. The summed E-state index contributed by atoms with van der Waals surface area (Å²) < 4.78 is 0. The molecule has 0 radical (unpaired) electrons. The minimum Gasteiger partial charge on any atom is -0.320 e. The van der Waals surface area contributed by atoms with Crippen LogP contribution in [0, 0.1) is 6.92 Å². The van der Waals surface area contributed by atoms with Gasteiger partial charge in [-0.15, -0.1) is 11.3 Å². The van der Waals surface area contributed by atoms with Crippen molar-refractivity contribution in [3.05, 3.63) is 16.1 Å². The third-order valence-electron chi connectivity index (χ3n) is 1.94. The highest BCUT2D eigenvalue weighted by Gasteiger charge is 2.20. The van der Waals surface area contributed by atoms with Crippen molar-refractivity contribution >= 4 is 11.3 Å². The number of hydrogen-bond donors (Lipinski definition) is 1. The third kappa shape index (κ3) is 1.79. The van der Waals surface area contributed by atoms with E-state index in [1.54, 1.807) is 11.3 Å². The van der Waals surface area contributed by atoms with Gasteiger partial charge in [0.1, 0.15) is 0 Å². The van der Waals surface area contributed by atoms with E-state index in [1.807, 2.05) is 19.2 Å². The van der Waals surface area contributed by atoms with Crippen molar-refractivity contribution < 1.29 is 0 Å².